The highest BCUT2D eigenvalue weighted by Crippen LogP contribution is 2.60. The van der Waals surface area contributed by atoms with Crippen molar-refractivity contribution in [3.05, 3.63) is 11.8 Å². The van der Waals surface area contributed by atoms with E-state index >= 15 is 0 Å². The quantitative estimate of drug-likeness (QED) is 0.806. The van der Waals surface area contributed by atoms with E-state index < -0.39 is 0 Å². The van der Waals surface area contributed by atoms with Crippen LogP contribution in [0, 0.1) is 30.1 Å². The number of amides is 2. The molecule has 7 nitrogen and oxygen atoms in total. The van der Waals surface area contributed by atoms with Crippen LogP contribution < -0.4 is 0 Å². The van der Waals surface area contributed by atoms with Crippen LogP contribution in [0.3, 0.4) is 0 Å². The Labute approximate surface area is 153 Å². The first-order valence-corrected chi connectivity index (χ1v) is 9.91. The molecule has 26 heavy (non-hydrogen) atoms. The molecule has 1 aliphatic heterocycles. The van der Waals surface area contributed by atoms with Crippen LogP contribution in [0.2, 0.25) is 0 Å². The molecule has 7 heteroatoms. The van der Waals surface area contributed by atoms with Crippen LogP contribution in [0.4, 0.5) is 0 Å². The first-order valence-electron chi connectivity index (χ1n) is 9.91. The van der Waals surface area contributed by atoms with Crippen LogP contribution in [0.25, 0.3) is 0 Å². The molecule has 0 aromatic carbocycles. The van der Waals surface area contributed by atoms with Gasteiger partial charge in [0.15, 0.2) is 0 Å². The largest absolute Gasteiger partial charge is 0.417 e. The van der Waals surface area contributed by atoms with Crippen LogP contribution in [-0.4, -0.2) is 58.0 Å². The molecular weight excluding hydrogens is 332 g/mol. The number of carbonyl (C=O) groups is 2. The minimum Gasteiger partial charge on any atom is -0.417 e. The molecule has 5 fully saturated rings. The second-order valence-corrected chi connectivity index (χ2v) is 8.91. The summed E-state index contributed by atoms with van der Waals surface area (Å²) in [5.74, 6) is 2.88. The number of carbonyl (C=O) groups excluding carboxylic acids is 2. The molecule has 6 rings (SSSR count). The maximum Gasteiger partial charge on any atom is 0.311 e. The molecule has 2 amide bonds. The van der Waals surface area contributed by atoms with Crippen LogP contribution in [0.1, 0.15) is 55.1 Å². The van der Waals surface area contributed by atoms with Crippen LogP contribution >= 0.6 is 0 Å². The number of hydrogen-bond acceptors (Lipinski definition) is 5. The maximum atomic E-state index is 13.4. The first kappa shape index (κ1) is 16.3. The van der Waals surface area contributed by atoms with Crippen molar-refractivity contribution >= 4 is 11.8 Å². The average Bonchev–Trinajstić information content (AvgIpc) is 3.06. The summed E-state index contributed by atoms with van der Waals surface area (Å²) in [4.78, 5) is 29.5. The summed E-state index contributed by atoms with van der Waals surface area (Å²) in [5, 5.41) is 7.54. The monoisotopic (exact) mass is 358 g/mol. The lowest BCUT2D eigenvalue weighted by molar-refractivity contribution is -0.159. The van der Waals surface area contributed by atoms with Crippen molar-refractivity contribution in [2.75, 3.05) is 26.2 Å². The Balaban J connectivity index is 1.24. The molecule has 0 spiro atoms. The van der Waals surface area contributed by atoms with Crippen molar-refractivity contribution in [2.45, 2.75) is 45.4 Å². The third-order valence-electron chi connectivity index (χ3n) is 7.05. The average molecular weight is 358 g/mol. The predicted molar refractivity (Wildman–Crippen MR) is 92.1 cm³/mol. The van der Waals surface area contributed by atoms with E-state index in [-0.39, 0.29) is 17.2 Å². The lowest BCUT2D eigenvalue weighted by Crippen LogP contribution is -2.58. The zero-order valence-electron chi connectivity index (χ0n) is 15.3. The summed E-state index contributed by atoms with van der Waals surface area (Å²) in [6.07, 6.45) is 7.32. The lowest BCUT2D eigenvalue weighted by atomic mass is 9.49. The minimum absolute atomic E-state index is 0.0448. The zero-order chi connectivity index (χ0) is 17.9. The van der Waals surface area contributed by atoms with E-state index in [1.54, 1.807) is 11.8 Å². The van der Waals surface area contributed by atoms with Crippen LogP contribution in [-0.2, 0) is 4.79 Å². The highest BCUT2D eigenvalue weighted by molar-refractivity contribution is 5.90. The van der Waals surface area contributed by atoms with E-state index in [4.69, 9.17) is 4.42 Å². The highest BCUT2D eigenvalue weighted by atomic mass is 16.4. The van der Waals surface area contributed by atoms with Crippen molar-refractivity contribution in [3.63, 3.8) is 0 Å². The Kier molecular flexibility index (Phi) is 3.62. The van der Waals surface area contributed by atoms with Gasteiger partial charge in [0.25, 0.3) is 0 Å². The van der Waals surface area contributed by atoms with Crippen molar-refractivity contribution in [3.8, 4) is 0 Å². The van der Waals surface area contributed by atoms with Crippen LogP contribution in [0.5, 0.6) is 0 Å². The van der Waals surface area contributed by atoms with Gasteiger partial charge in [0.05, 0.1) is 5.41 Å². The number of aromatic nitrogens is 2. The zero-order valence-corrected chi connectivity index (χ0v) is 15.3. The Morgan fingerprint density at radius 1 is 0.923 bits per heavy atom. The van der Waals surface area contributed by atoms with Crippen LogP contribution in [0.15, 0.2) is 4.42 Å². The smallest absolute Gasteiger partial charge is 0.311 e. The van der Waals surface area contributed by atoms with E-state index in [1.807, 2.05) is 4.90 Å². The molecule has 1 aromatic heterocycles. The van der Waals surface area contributed by atoms with Crippen molar-refractivity contribution < 1.29 is 14.0 Å². The number of aryl methyl sites for hydroxylation is 1. The SMILES string of the molecule is Cc1nnc(C(=O)N2CCN(C(=O)C34CC5CC(CC(C5)C3)C4)CC2)o1. The van der Waals surface area contributed by atoms with Crippen molar-refractivity contribution in [1.82, 2.24) is 20.0 Å². The normalized spacial score (nSPS) is 35.8. The number of hydrogen-bond donors (Lipinski definition) is 0. The molecule has 140 valence electrons. The Morgan fingerprint density at radius 2 is 1.46 bits per heavy atom. The molecule has 4 saturated carbocycles. The molecule has 4 aliphatic carbocycles. The second kappa shape index (κ2) is 5.79. The molecule has 0 radical (unpaired) electrons. The molecule has 0 unspecified atom stereocenters. The summed E-state index contributed by atoms with van der Waals surface area (Å²) in [7, 11) is 0. The Morgan fingerprint density at radius 3 is 1.96 bits per heavy atom. The molecule has 4 bridgehead atoms. The van der Waals surface area contributed by atoms with Gasteiger partial charge in [0, 0.05) is 33.1 Å². The molecule has 0 atom stereocenters. The molecule has 0 N–H and O–H groups in total. The fourth-order valence-corrected chi connectivity index (χ4v) is 6.34. The molecule has 5 aliphatic rings. The second-order valence-electron chi connectivity index (χ2n) is 8.91. The topological polar surface area (TPSA) is 79.5 Å². The summed E-state index contributed by atoms with van der Waals surface area (Å²) >= 11 is 0. The Bertz CT molecular complexity index is 700. The molecule has 1 saturated heterocycles. The summed E-state index contributed by atoms with van der Waals surface area (Å²) in [6.45, 7) is 3.97. The van der Waals surface area contributed by atoms with Gasteiger partial charge >= 0.3 is 11.8 Å². The van der Waals surface area contributed by atoms with Gasteiger partial charge in [-0.25, -0.2) is 0 Å². The van der Waals surface area contributed by atoms with E-state index in [2.05, 4.69) is 10.2 Å². The number of nitrogens with zero attached hydrogens (tertiary/aromatic N) is 4. The fourth-order valence-electron chi connectivity index (χ4n) is 6.34. The van der Waals surface area contributed by atoms with Gasteiger partial charge in [-0.2, -0.15) is 0 Å². The van der Waals surface area contributed by atoms with E-state index in [9.17, 15) is 9.59 Å². The van der Waals surface area contributed by atoms with Gasteiger partial charge in [0.2, 0.25) is 11.8 Å². The minimum atomic E-state index is -0.229. The fraction of sp³-hybridized carbons (Fsp3) is 0.789. The van der Waals surface area contributed by atoms with Gasteiger partial charge in [-0.15, -0.1) is 10.2 Å². The van der Waals surface area contributed by atoms with Gasteiger partial charge < -0.3 is 14.2 Å². The lowest BCUT2D eigenvalue weighted by Gasteiger charge is -2.57. The number of piperazine rings is 1. The maximum absolute atomic E-state index is 13.4. The van der Waals surface area contributed by atoms with Gasteiger partial charge in [-0.1, -0.05) is 0 Å². The summed E-state index contributed by atoms with van der Waals surface area (Å²) in [6, 6.07) is 0. The molecular formula is C19H26N4O3. The van der Waals surface area contributed by atoms with Gasteiger partial charge in [-0.3, -0.25) is 9.59 Å². The third kappa shape index (κ3) is 2.55. The first-order chi connectivity index (χ1) is 12.5. The predicted octanol–water partition coefficient (Wildman–Crippen LogP) is 1.88. The van der Waals surface area contributed by atoms with Crippen molar-refractivity contribution in [1.29, 1.82) is 0 Å². The van der Waals surface area contributed by atoms with E-state index in [0.717, 1.165) is 37.0 Å². The Hall–Kier alpha value is -1.92. The van der Waals surface area contributed by atoms with E-state index in [0.29, 0.717) is 38.0 Å². The standard InChI is InChI=1S/C19H26N4O3/c1-12-20-21-16(26-12)17(24)22-2-4-23(5-3-22)18(25)19-9-13-6-14(10-19)8-15(7-13)11-19/h13-15H,2-11H2,1H3. The van der Waals surface area contributed by atoms with Gasteiger partial charge in [0.1, 0.15) is 0 Å². The van der Waals surface area contributed by atoms with E-state index in [1.165, 1.54) is 19.3 Å². The summed E-state index contributed by atoms with van der Waals surface area (Å²) < 4.78 is 5.24. The summed E-state index contributed by atoms with van der Waals surface area (Å²) in [5.41, 5.74) is -0.0927. The highest BCUT2D eigenvalue weighted by Gasteiger charge is 2.55. The molecule has 2 heterocycles. The van der Waals surface area contributed by atoms with Gasteiger partial charge in [-0.05, 0) is 56.3 Å². The van der Waals surface area contributed by atoms with Crippen molar-refractivity contribution in [2.24, 2.45) is 23.2 Å². The number of rotatable bonds is 2. The molecule has 1 aromatic rings. The third-order valence-corrected chi connectivity index (χ3v) is 7.05.